The summed E-state index contributed by atoms with van der Waals surface area (Å²) in [5.74, 6) is -2.07. The fourth-order valence-corrected chi connectivity index (χ4v) is 4.76. The number of nitrogens with one attached hydrogen (secondary N) is 3. The minimum atomic E-state index is -0.749. The number of hydrogen-bond donors (Lipinski definition) is 3. The van der Waals surface area contributed by atoms with Crippen molar-refractivity contribution in [3.63, 3.8) is 0 Å². The van der Waals surface area contributed by atoms with Crippen LogP contribution in [0.4, 0.5) is 0 Å². The third kappa shape index (κ3) is 5.91. The van der Waals surface area contributed by atoms with E-state index < -0.39 is 23.8 Å². The van der Waals surface area contributed by atoms with E-state index in [1.165, 1.54) is 11.1 Å². The molecule has 1 fully saturated rings. The van der Waals surface area contributed by atoms with Crippen LogP contribution in [0.15, 0.2) is 48.8 Å². The Balaban J connectivity index is 1.48. The van der Waals surface area contributed by atoms with Gasteiger partial charge in [-0.25, -0.2) is 0 Å². The summed E-state index contributed by atoms with van der Waals surface area (Å²) in [6.07, 6.45) is 4.39. The molecule has 0 bridgehead atoms. The number of halogens is 1. The van der Waals surface area contributed by atoms with Crippen LogP contribution in [0, 0.1) is 5.92 Å². The van der Waals surface area contributed by atoms with Crippen LogP contribution >= 0.6 is 11.6 Å². The van der Waals surface area contributed by atoms with E-state index >= 15 is 0 Å². The van der Waals surface area contributed by atoms with E-state index in [1.54, 1.807) is 56.7 Å². The minimum absolute atomic E-state index is 0.0480. The highest BCUT2D eigenvalue weighted by Crippen LogP contribution is 2.27. The number of H-pyrrole nitrogens is 1. The summed E-state index contributed by atoms with van der Waals surface area (Å²) in [7, 11) is 3.37. The molecular formula is C26H28ClN5O4. The smallest absolute Gasteiger partial charge is 0.288 e. The number of benzene rings is 1. The average molecular weight is 510 g/mol. The Morgan fingerprint density at radius 2 is 1.89 bits per heavy atom. The molecule has 3 aromatic rings. The molecule has 0 saturated heterocycles. The summed E-state index contributed by atoms with van der Waals surface area (Å²) >= 11 is 6.05. The molecule has 2 heterocycles. The zero-order chi connectivity index (χ0) is 25.8. The van der Waals surface area contributed by atoms with Crippen molar-refractivity contribution in [3.8, 4) is 0 Å². The van der Waals surface area contributed by atoms with Crippen LogP contribution < -0.4 is 10.6 Å². The Morgan fingerprint density at radius 3 is 2.61 bits per heavy atom. The normalized spacial score (nSPS) is 19.5. The number of carbonyl (C=O) groups excluding carboxylic acids is 4. The molecule has 36 heavy (non-hydrogen) atoms. The standard InChI is InChI=1S/C26H28ClN5O4/c1-32(2)26(36)16-5-7-20(30-24(34)22-13-17-11-18(27)6-8-19(17)29-22)21(12-16)31-25(35)23(33)10-15-4-3-9-28-14-15/h3-4,6,8-9,11,13-14,16,20-21,29H,5,7,10,12H2,1-2H3,(H,30,34)(H,31,35)/t16-,20-,21+/m0/s1. The zero-order valence-corrected chi connectivity index (χ0v) is 20.8. The van der Waals surface area contributed by atoms with Crippen molar-refractivity contribution in [3.05, 3.63) is 65.1 Å². The number of Topliss-reactive ketones (excluding diaryl/α,β-unsaturated/α-hetero) is 1. The minimum Gasteiger partial charge on any atom is -0.351 e. The predicted octanol–water partition coefficient (Wildman–Crippen LogP) is 2.50. The topological polar surface area (TPSA) is 124 Å². The van der Waals surface area contributed by atoms with Gasteiger partial charge in [-0.15, -0.1) is 0 Å². The van der Waals surface area contributed by atoms with Crippen molar-refractivity contribution in [2.75, 3.05) is 14.1 Å². The fraction of sp³-hybridized carbons (Fsp3) is 0.346. The first-order valence-corrected chi connectivity index (χ1v) is 12.1. The first kappa shape index (κ1) is 25.4. The number of aromatic amines is 1. The molecule has 1 aromatic carbocycles. The Morgan fingerprint density at radius 1 is 1.08 bits per heavy atom. The Hall–Kier alpha value is -3.72. The van der Waals surface area contributed by atoms with Crippen molar-refractivity contribution >= 4 is 46.0 Å². The molecule has 4 rings (SSSR count). The third-order valence-electron chi connectivity index (χ3n) is 6.44. The number of carbonyl (C=O) groups is 4. The summed E-state index contributed by atoms with van der Waals surface area (Å²) in [5, 5.41) is 7.13. The predicted molar refractivity (Wildman–Crippen MR) is 135 cm³/mol. The van der Waals surface area contributed by atoms with Crippen molar-refractivity contribution in [2.24, 2.45) is 5.92 Å². The largest absolute Gasteiger partial charge is 0.351 e. The highest BCUT2D eigenvalue weighted by molar-refractivity contribution is 6.36. The van der Waals surface area contributed by atoms with Gasteiger partial charge in [-0.1, -0.05) is 17.7 Å². The Bertz CT molecular complexity index is 1290. The maximum absolute atomic E-state index is 13.1. The first-order chi connectivity index (χ1) is 17.2. The van der Waals surface area contributed by atoms with Gasteiger partial charge in [-0.05, 0) is 55.2 Å². The van der Waals surface area contributed by atoms with Gasteiger partial charge in [-0.3, -0.25) is 24.2 Å². The lowest BCUT2D eigenvalue weighted by atomic mass is 9.81. The summed E-state index contributed by atoms with van der Waals surface area (Å²) in [5.41, 5.74) is 1.76. The van der Waals surface area contributed by atoms with Gasteiger partial charge in [0.15, 0.2) is 0 Å². The van der Waals surface area contributed by atoms with Crippen LogP contribution in [0.5, 0.6) is 0 Å². The molecule has 1 aliphatic carbocycles. The molecule has 188 valence electrons. The summed E-state index contributed by atoms with van der Waals surface area (Å²) in [6, 6.07) is 9.39. The second-order valence-electron chi connectivity index (χ2n) is 9.28. The van der Waals surface area contributed by atoms with Gasteiger partial charge in [0.1, 0.15) is 5.69 Å². The third-order valence-corrected chi connectivity index (χ3v) is 6.68. The van der Waals surface area contributed by atoms with Gasteiger partial charge < -0.3 is 20.5 Å². The molecule has 1 saturated carbocycles. The highest BCUT2D eigenvalue weighted by Gasteiger charge is 2.37. The van der Waals surface area contributed by atoms with Crippen molar-refractivity contribution in [2.45, 2.75) is 37.8 Å². The lowest BCUT2D eigenvalue weighted by molar-refractivity contribution is -0.139. The number of pyridine rings is 1. The maximum Gasteiger partial charge on any atom is 0.288 e. The van der Waals surface area contributed by atoms with Gasteiger partial charge in [-0.2, -0.15) is 0 Å². The van der Waals surface area contributed by atoms with Gasteiger partial charge >= 0.3 is 0 Å². The number of nitrogens with zero attached hydrogens (tertiary/aromatic N) is 2. The van der Waals surface area contributed by atoms with E-state index in [1.807, 2.05) is 0 Å². The Kier molecular flexibility index (Phi) is 7.69. The summed E-state index contributed by atoms with van der Waals surface area (Å²) in [4.78, 5) is 59.6. The molecule has 3 atom stereocenters. The number of rotatable bonds is 7. The highest BCUT2D eigenvalue weighted by atomic mass is 35.5. The molecule has 2 aromatic heterocycles. The van der Waals surface area contributed by atoms with E-state index in [0.717, 1.165) is 10.9 Å². The van der Waals surface area contributed by atoms with E-state index in [2.05, 4.69) is 20.6 Å². The van der Waals surface area contributed by atoms with E-state index in [4.69, 9.17) is 11.6 Å². The lowest BCUT2D eigenvalue weighted by Gasteiger charge is -2.37. The van der Waals surface area contributed by atoms with Crippen LogP contribution in [-0.4, -0.2) is 64.6 Å². The summed E-state index contributed by atoms with van der Waals surface area (Å²) < 4.78 is 0. The van der Waals surface area contributed by atoms with Crippen LogP contribution in [0.25, 0.3) is 10.9 Å². The average Bonchev–Trinajstić information content (AvgIpc) is 3.28. The maximum atomic E-state index is 13.1. The van der Waals surface area contributed by atoms with Crippen molar-refractivity contribution in [1.82, 2.24) is 25.5 Å². The Labute approximate surface area is 213 Å². The van der Waals surface area contributed by atoms with Gasteiger partial charge in [0.25, 0.3) is 11.8 Å². The molecule has 0 radical (unpaired) electrons. The molecule has 9 nitrogen and oxygen atoms in total. The van der Waals surface area contributed by atoms with Crippen LogP contribution in [0.1, 0.15) is 35.3 Å². The number of hydrogen-bond acceptors (Lipinski definition) is 5. The number of amides is 3. The van der Waals surface area contributed by atoms with E-state index in [0.29, 0.717) is 35.5 Å². The van der Waals surface area contributed by atoms with Crippen molar-refractivity contribution < 1.29 is 19.2 Å². The summed E-state index contributed by atoms with van der Waals surface area (Å²) in [6.45, 7) is 0. The molecule has 3 N–H and O–H groups in total. The zero-order valence-electron chi connectivity index (χ0n) is 20.1. The second kappa shape index (κ2) is 10.9. The second-order valence-corrected chi connectivity index (χ2v) is 9.71. The molecule has 1 aliphatic rings. The van der Waals surface area contributed by atoms with Crippen LogP contribution in [0.3, 0.4) is 0 Å². The molecule has 3 amide bonds. The number of fused-ring (bicyclic) bond motifs is 1. The van der Waals surface area contributed by atoms with E-state index in [9.17, 15) is 19.2 Å². The first-order valence-electron chi connectivity index (χ1n) is 11.7. The SMILES string of the molecule is CN(C)C(=O)[C@H]1CC[C@H](NC(=O)c2cc3cc(Cl)ccc3[nH]2)[C@H](NC(=O)C(=O)Cc2cccnc2)C1. The molecule has 0 unspecified atom stereocenters. The number of aromatic nitrogens is 2. The van der Waals surface area contributed by atoms with E-state index in [-0.39, 0.29) is 24.2 Å². The van der Waals surface area contributed by atoms with Gasteiger partial charge in [0.05, 0.1) is 6.04 Å². The van der Waals surface area contributed by atoms with Gasteiger partial charge in [0, 0.05) is 60.8 Å². The lowest BCUT2D eigenvalue weighted by Crippen LogP contribution is -2.57. The van der Waals surface area contributed by atoms with Gasteiger partial charge in [0.2, 0.25) is 11.7 Å². The fourth-order valence-electron chi connectivity index (χ4n) is 4.58. The molecule has 0 spiro atoms. The van der Waals surface area contributed by atoms with Crippen molar-refractivity contribution in [1.29, 1.82) is 0 Å². The van der Waals surface area contributed by atoms with Crippen LogP contribution in [0.2, 0.25) is 5.02 Å². The molecular weight excluding hydrogens is 482 g/mol. The number of ketones is 1. The molecule has 0 aliphatic heterocycles. The molecule has 10 heteroatoms. The van der Waals surface area contributed by atoms with Crippen LogP contribution in [-0.2, 0) is 20.8 Å². The monoisotopic (exact) mass is 509 g/mol. The quantitative estimate of drug-likeness (QED) is 0.422.